The Morgan fingerprint density at radius 3 is 2.76 bits per heavy atom. The van der Waals surface area contributed by atoms with E-state index in [2.05, 4.69) is 28.8 Å². The van der Waals surface area contributed by atoms with Gasteiger partial charge in [-0.3, -0.25) is 9.98 Å². The number of nitrogens with one attached hydrogen (secondary N) is 1. The molecule has 2 rings (SSSR count). The summed E-state index contributed by atoms with van der Waals surface area (Å²) in [6.07, 6.45) is 7.01. The Kier molecular flexibility index (Phi) is 7.95. The highest BCUT2D eigenvalue weighted by molar-refractivity contribution is 6.02. The van der Waals surface area contributed by atoms with Gasteiger partial charge in [-0.05, 0) is 50.7 Å². The van der Waals surface area contributed by atoms with Crippen LogP contribution in [0.1, 0.15) is 37.8 Å². The number of aromatic nitrogens is 1. The monoisotopic (exact) mass is 397 g/mol. The molecule has 1 aromatic carbocycles. The molecule has 0 saturated carbocycles. The summed E-state index contributed by atoms with van der Waals surface area (Å²) in [6, 6.07) is 6.28. The smallest absolute Gasteiger partial charge is 0.141 e. The zero-order valence-electron chi connectivity index (χ0n) is 17.4. The van der Waals surface area contributed by atoms with Gasteiger partial charge in [0.05, 0.1) is 19.0 Å². The fourth-order valence-corrected chi connectivity index (χ4v) is 2.68. The lowest BCUT2D eigenvalue weighted by atomic mass is 10.00. The van der Waals surface area contributed by atoms with Crippen molar-refractivity contribution in [1.29, 1.82) is 0 Å². The lowest BCUT2D eigenvalue weighted by Gasteiger charge is -2.17. The van der Waals surface area contributed by atoms with Crippen molar-refractivity contribution in [3.63, 3.8) is 0 Å². The van der Waals surface area contributed by atoms with Crippen LogP contribution in [0.25, 0.3) is 11.3 Å². The van der Waals surface area contributed by atoms with E-state index in [0.717, 1.165) is 29.5 Å². The minimum Gasteiger partial charge on any atom is -0.511 e. The predicted molar refractivity (Wildman–Crippen MR) is 116 cm³/mol. The van der Waals surface area contributed by atoms with E-state index >= 15 is 0 Å². The van der Waals surface area contributed by atoms with Crippen molar-refractivity contribution >= 4 is 5.84 Å². The van der Waals surface area contributed by atoms with Crippen LogP contribution in [0.5, 0.6) is 5.75 Å². The molecule has 2 aromatic rings. The summed E-state index contributed by atoms with van der Waals surface area (Å²) in [6.45, 7) is 9.37. The van der Waals surface area contributed by atoms with Gasteiger partial charge in [0.1, 0.15) is 29.2 Å². The fourth-order valence-electron chi connectivity index (χ4n) is 2.68. The molecular weight excluding hydrogens is 369 g/mol. The second-order valence-corrected chi connectivity index (χ2v) is 6.69. The van der Waals surface area contributed by atoms with Crippen molar-refractivity contribution < 1.29 is 14.2 Å². The van der Waals surface area contributed by atoms with Gasteiger partial charge in [-0.15, -0.1) is 0 Å². The molecular formula is C23H28FN3O2. The third-order valence-corrected chi connectivity index (χ3v) is 4.46. The summed E-state index contributed by atoms with van der Waals surface area (Å²) in [7, 11) is 1.59. The zero-order chi connectivity index (χ0) is 21.4. The molecule has 0 fully saturated rings. The number of aliphatic hydroxyl groups excluding tert-OH is 1. The van der Waals surface area contributed by atoms with Crippen molar-refractivity contribution in [2.45, 2.75) is 39.7 Å². The number of unbranched alkanes of at least 4 members (excludes halogenated alkanes) is 1. The average molecular weight is 397 g/mol. The lowest BCUT2D eigenvalue weighted by Crippen LogP contribution is -2.23. The van der Waals surface area contributed by atoms with Gasteiger partial charge in [0.15, 0.2) is 0 Å². The molecule has 0 aliphatic heterocycles. The number of ether oxygens (including phenoxy) is 1. The second-order valence-electron chi connectivity index (χ2n) is 6.69. The van der Waals surface area contributed by atoms with E-state index in [9.17, 15) is 9.50 Å². The van der Waals surface area contributed by atoms with Crippen molar-refractivity contribution in [3.05, 3.63) is 72.0 Å². The summed E-state index contributed by atoms with van der Waals surface area (Å²) < 4.78 is 18.8. The first-order chi connectivity index (χ1) is 13.9. The van der Waals surface area contributed by atoms with Gasteiger partial charge in [0.25, 0.3) is 0 Å². The third-order valence-electron chi connectivity index (χ3n) is 4.46. The van der Waals surface area contributed by atoms with Gasteiger partial charge >= 0.3 is 0 Å². The van der Waals surface area contributed by atoms with Gasteiger partial charge in [-0.25, -0.2) is 4.39 Å². The topological polar surface area (TPSA) is 66.7 Å². The third kappa shape index (κ3) is 5.91. The van der Waals surface area contributed by atoms with Crippen LogP contribution in [0.15, 0.2) is 60.1 Å². The molecule has 0 aliphatic carbocycles. The number of rotatable bonds is 8. The minimum absolute atomic E-state index is 0.0252. The quantitative estimate of drug-likeness (QED) is 0.360. The second kappa shape index (κ2) is 10.4. The number of aliphatic imine (C=N–C) groups is 1. The highest BCUT2D eigenvalue weighted by Crippen LogP contribution is 2.29. The van der Waals surface area contributed by atoms with E-state index in [1.165, 1.54) is 12.3 Å². The van der Waals surface area contributed by atoms with Gasteiger partial charge in [-0.2, -0.15) is 0 Å². The maximum Gasteiger partial charge on any atom is 0.141 e. The van der Waals surface area contributed by atoms with Gasteiger partial charge < -0.3 is 15.2 Å². The van der Waals surface area contributed by atoms with Crippen molar-refractivity contribution in [2.75, 3.05) is 7.11 Å². The van der Waals surface area contributed by atoms with E-state index < -0.39 is 11.9 Å². The first-order valence-corrected chi connectivity index (χ1v) is 9.55. The summed E-state index contributed by atoms with van der Waals surface area (Å²) in [4.78, 5) is 8.77. The molecule has 6 heteroatoms. The molecule has 1 heterocycles. The Balaban J connectivity index is 2.59. The summed E-state index contributed by atoms with van der Waals surface area (Å²) in [5, 5.41) is 13.0. The Hall–Kier alpha value is -3.15. The lowest BCUT2D eigenvalue weighted by molar-refractivity contribution is 0.378. The van der Waals surface area contributed by atoms with Crippen LogP contribution in [0.2, 0.25) is 0 Å². The SMILES string of the molecule is C=C(O)C(C)N=C(N/C=C/CCC)c1cc(-c2ccc(F)cn2)cc(OC)c1C. The Labute approximate surface area is 171 Å². The number of allylic oxidation sites excluding steroid dienone is 1. The molecule has 0 radical (unpaired) electrons. The number of methoxy groups -OCH3 is 1. The molecule has 154 valence electrons. The molecule has 2 N–H and O–H groups in total. The van der Waals surface area contributed by atoms with E-state index in [1.54, 1.807) is 20.1 Å². The molecule has 0 saturated heterocycles. The van der Waals surface area contributed by atoms with E-state index in [0.29, 0.717) is 17.3 Å². The molecule has 0 bridgehead atoms. The van der Waals surface area contributed by atoms with E-state index in [4.69, 9.17) is 4.74 Å². The van der Waals surface area contributed by atoms with Crippen LogP contribution in [0.4, 0.5) is 4.39 Å². The van der Waals surface area contributed by atoms with Crippen LogP contribution < -0.4 is 10.1 Å². The van der Waals surface area contributed by atoms with E-state index in [1.807, 2.05) is 31.3 Å². The molecule has 1 atom stereocenters. The Morgan fingerprint density at radius 1 is 1.41 bits per heavy atom. The number of halogens is 1. The number of aliphatic hydroxyl groups is 1. The highest BCUT2D eigenvalue weighted by atomic mass is 19.1. The number of benzene rings is 1. The van der Waals surface area contributed by atoms with Crippen molar-refractivity contribution in [2.24, 2.45) is 4.99 Å². The molecule has 1 aromatic heterocycles. The molecule has 29 heavy (non-hydrogen) atoms. The molecule has 1 unspecified atom stereocenters. The van der Waals surface area contributed by atoms with Gasteiger partial charge in [-0.1, -0.05) is 26.0 Å². The first-order valence-electron chi connectivity index (χ1n) is 9.55. The molecule has 0 amide bonds. The van der Waals surface area contributed by atoms with Crippen LogP contribution in [0.3, 0.4) is 0 Å². The standard InChI is InChI=1S/C23H28FN3O2/c1-6-7-8-11-25-23(27-16(3)17(4)28)20-12-18(13-22(29-5)15(20)2)21-10-9-19(24)14-26-21/h8-14,16,28H,4,6-7H2,1-3,5H3,(H,25,27)/b11-8+. The van der Waals surface area contributed by atoms with Crippen molar-refractivity contribution in [1.82, 2.24) is 10.3 Å². The van der Waals surface area contributed by atoms with E-state index in [-0.39, 0.29) is 5.76 Å². The van der Waals surface area contributed by atoms with Crippen LogP contribution in [0, 0.1) is 12.7 Å². The van der Waals surface area contributed by atoms with Gasteiger partial charge in [0, 0.05) is 16.7 Å². The summed E-state index contributed by atoms with van der Waals surface area (Å²) in [5.74, 6) is 0.807. The fraction of sp³-hybridized carbons (Fsp3) is 0.304. The normalized spacial score (nSPS) is 12.8. The van der Waals surface area contributed by atoms with Crippen LogP contribution in [-0.2, 0) is 0 Å². The number of pyridine rings is 1. The molecule has 5 nitrogen and oxygen atoms in total. The number of hydrogen-bond acceptors (Lipinski definition) is 4. The Morgan fingerprint density at radius 2 is 2.17 bits per heavy atom. The highest BCUT2D eigenvalue weighted by Gasteiger charge is 2.16. The first kappa shape index (κ1) is 22.1. The average Bonchev–Trinajstić information content (AvgIpc) is 2.71. The summed E-state index contributed by atoms with van der Waals surface area (Å²) >= 11 is 0. The van der Waals surface area contributed by atoms with Crippen LogP contribution in [-0.4, -0.2) is 29.1 Å². The molecule has 0 spiro atoms. The Bertz CT molecular complexity index is 905. The number of amidine groups is 1. The zero-order valence-corrected chi connectivity index (χ0v) is 17.4. The predicted octanol–water partition coefficient (Wildman–Crippen LogP) is 5.31. The largest absolute Gasteiger partial charge is 0.511 e. The van der Waals surface area contributed by atoms with Crippen LogP contribution >= 0.6 is 0 Å². The van der Waals surface area contributed by atoms with Crippen molar-refractivity contribution in [3.8, 4) is 17.0 Å². The minimum atomic E-state index is -0.491. The maximum absolute atomic E-state index is 13.3. The molecule has 0 aliphatic rings. The summed E-state index contributed by atoms with van der Waals surface area (Å²) in [5.41, 5.74) is 3.06. The maximum atomic E-state index is 13.3. The number of hydrogen-bond donors (Lipinski definition) is 2. The van der Waals surface area contributed by atoms with Gasteiger partial charge in [0.2, 0.25) is 0 Å². The number of nitrogens with zero attached hydrogens (tertiary/aromatic N) is 2.